The summed E-state index contributed by atoms with van der Waals surface area (Å²) < 4.78 is 0. The van der Waals surface area contributed by atoms with Crippen molar-refractivity contribution >= 4 is 11.8 Å². The lowest BCUT2D eigenvalue weighted by atomic mass is 9.89. The molecule has 1 aliphatic heterocycles. The van der Waals surface area contributed by atoms with Crippen LogP contribution in [-0.2, 0) is 9.59 Å². The van der Waals surface area contributed by atoms with Crippen molar-refractivity contribution in [3.63, 3.8) is 0 Å². The molecule has 1 N–H and O–H groups in total. The molecule has 0 unspecified atom stereocenters. The Hall–Kier alpha value is -1.06. The minimum absolute atomic E-state index is 0.0462. The van der Waals surface area contributed by atoms with Gasteiger partial charge in [0.15, 0.2) is 0 Å². The van der Waals surface area contributed by atoms with Crippen molar-refractivity contribution in [1.29, 1.82) is 0 Å². The zero-order chi connectivity index (χ0) is 10.8. The van der Waals surface area contributed by atoms with Crippen molar-refractivity contribution in [2.75, 3.05) is 13.1 Å². The molecule has 1 saturated heterocycles. The summed E-state index contributed by atoms with van der Waals surface area (Å²) >= 11 is 0. The van der Waals surface area contributed by atoms with Crippen LogP contribution in [-0.4, -0.2) is 35.3 Å². The van der Waals surface area contributed by atoms with Gasteiger partial charge in [-0.15, -0.1) is 0 Å². The highest BCUT2D eigenvalue weighted by molar-refractivity contribution is 5.97. The highest BCUT2D eigenvalue weighted by Gasteiger charge is 2.43. The van der Waals surface area contributed by atoms with Gasteiger partial charge in [-0.1, -0.05) is 13.8 Å². The summed E-state index contributed by atoms with van der Waals surface area (Å²) in [6.07, 6.45) is 1.31. The molecule has 0 bridgehead atoms. The lowest BCUT2D eigenvalue weighted by molar-refractivity contribution is -0.150. The number of carbonyl (C=O) groups is 2. The summed E-state index contributed by atoms with van der Waals surface area (Å²) in [6.45, 7) is 6.57. The maximum absolute atomic E-state index is 12.0. The first-order valence-electron chi connectivity index (χ1n) is 5.20. The van der Waals surface area contributed by atoms with Crippen LogP contribution >= 0.6 is 0 Å². The van der Waals surface area contributed by atoms with Gasteiger partial charge in [-0.05, 0) is 19.8 Å². The van der Waals surface area contributed by atoms with Crippen LogP contribution in [0.15, 0.2) is 0 Å². The molecule has 1 fully saturated rings. The number of hydrogen-bond donors (Lipinski definition) is 1. The second-order valence-corrected chi connectivity index (χ2v) is 3.66. The van der Waals surface area contributed by atoms with E-state index in [9.17, 15) is 9.59 Å². The van der Waals surface area contributed by atoms with Crippen molar-refractivity contribution < 1.29 is 9.59 Å². The van der Waals surface area contributed by atoms with Crippen molar-refractivity contribution in [2.24, 2.45) is 0 Å². The summed E-state index contributed by atoms with van der Waals surface area (Å²) in [7, 11) is 0. The van der Waals surface area contributed by atoms with Gasteiger partial charge in [-0.3, -0.25) is 9.59 Å². The van der Waals surface area contributed by atoms with E-state index in [0.717, 1.165) is 0 Å². The third-order valence-corrected chi connectivity index (χ3v) is 3.00. The first kappa shape index (κ1) is 11.0. The van der Waals surface area contributed by atoms with Crippen molar-refractivity contribution in [1.82, 2.24) is 10.2 Å². The van der Waals surface area contributed by atoms with Crippen LogP contribution in [0.25, 0.3) is 0 Å². The van der Waals surface area contributed by atoms with E-state index in [1.54, 1.807) is 4.90 Å². The van der Waals surface area contributed by atoms with Gasteiger partial charge < -0.3 is 10.2 Å². The molecular weight excluding hydrogens is 180 g/mol. The molecule has 0 spiro atoms. The lowest BCUT2D eigenvalue weighted by Gasteiger charge is -2.40. The van der Waals surface area contributed by atoms with Gasteiger partial charge in [0.25, 0.3) is 0 Å². The largest absolute Gasteiger partial charge is 0.340 e. The van der Waals surface area contributed by atoms with E-state index in [0.29, 0.717) is 19.4 Å². The topological polar surface area (TPSA) is 49.4 Å². The van der Waals surface area contributed by atoms with Crippen LogP contribution in [0.5, 0.6) is 0 Å². The van der Waals surface area contributed by atoms with Crippen molar-refractivity contribution in [3.8, 4) is 0 Å². The molecule has 0 atom stereocenters. The predicted octanol–water partition coefficient (Wildman–Crippen LogP) is 0.523. The molecule has 0 aromatic heterocycles. The fraction of sp³-hybridized carbons (Fsp3) is 0.800. The molecule has 0 aromatic carbocycles. The first-order valence-corrected chi connectivity index (χ1v) is 5.20. The molecule has 0 radical (unpaired) electrons. The summed E-state index contributed by atoms with van der Waals surface area (Å²) in [5.41, 5.74) is -0.647. The average Bonchev–Trinajstić information content (AvgIpc) is 2.21. The third kappa shape index (κ3) is 1.61. The predicted molar refractivity (Wildman–Crippen MR) is 53.7 cm³/mol. The summed E-state index contributed by atoms with van der Waals surface area (Å²) in [6, 6.07) is 0. The minimum atomic E-state index is -0.647. The molecule has 0 aromatic rings. The maximum Gasteiger partial charge on any atom is 0.248 e. The highest BCUT2D eigenvalue weighted by Crippen LogP contribution is 2.21. The number of hydrogen-bond acceptors (Lipinski definition) is 2. The molecular formula is C10H18N2O2. The third-order valence-electron chi connectivity index (χ3n) is 3.00. The van der Waals surface area contributed by atoms with E-state index in [-0.39, 0.29) is 18.4 Å². The Kier molecular flexibility index (Phi) is 3.13. The standard InChI is InChI=1S/C10H18N2O2/c1-4-10(5-2)9(14)12(6-3)7-8(13)11-10/h4-7H2,1-3H3,(H,11,13). The molecule has 1 heterocycles. The molecule has 4 heteroatoms. The van der Waals surface area contributed by atoms with E-state index < -0.39 is 5.54 Å². The molecule has 0 aliphatic carbocycles. The molecule has 14 heavy (non-hydrogen) atoms. The van der Waals surface area contributed by atoms with Crippen LogP contribution in [0, 0.1) is 0 Å². The van der Waals surface area contributed by atoms with Gasteiger partial charge in [0.1, 0.15) is 5.54 Å². The number of amides is 2. The van der Waals surface area contributed by atoms with E-state index in [1.807, 2.05) is 20.8 Å². The zero-order valence-electron chi connectivity index (χ0n) is 9.09. The Bertz CT molecular complexity index is 247. The highest BCUT2D eigenvalue weighted by atomic mass is 16.2. The van der Waals surface area contributed by atoms with Gasteiger partial charge in [-0.2, -0.15) is 0 Å². The molecule has 1 rings (SSSR count). The molecule has 1 aliphatic rings. The summed E-state index contributed by atoms with van der Waals surface area (Å²) in [4.78, 5) is 25.0. The second kappa shape index (κ2) is 3.98. The Labute approximate surface area is 84.7 Å². The van der Waals surface area contributed by atoms with Crippen LogP contribution in [0.2, 0.25) is 0 Å². The zero-order valence-corrected chi connectivity index (χ0v) is 9.09. The minimum Gasteiger partial charge on any atom is -0.340 e. The quantitative estimate of drug-likeness (QED) is 0.719. The number of likely N-dealkylation sites (N-methyl/N-ethyl adjacent to an activating group) is 1. The Morgan fingerprint density at radius 3 is 2.29 bits per heavy atom. The maximum atomic E-state index is 12.0. The number of rotatable bonds is 3. The fourth-order valence-corrected chi connectivity index (χ4v) is 1.89. The molecule has 2 amide bonds. The molecule has 4 nitrogen and oxygen atoms in total. The van der Waals surface area contributed by atoms with Gasteiger partial charge in [0.2, 0.25) is 11.8 Å². The normalized spacial score (nSPS) is 20.9. The van der Waals surface area contributed by atoms with E-state index in [2.05, 4.69) is 5.32 Å². The van der Waals surface area contributed by atoms with E-state index >= 15 is 0 Å². The van der Waals surface area contributed by atoms with Crippen molar-refractivity contribution in [2.45, 2.75) is 39.2 Å². The number of carbonyl (C=O) groups excluding carboxylic acids is 2. The van der Waals surface area contributed by atoms with E-state index in [1.165, 1.54) is 0 Å². The van der Waals surface area contributed by atoms with Crippen LogP contribution in [0.3, 0.4) is 0 Å². The SMILES string of the molecule is CCN1CC(=O)NC(CC)(CC)C1=O. The number of piperazine rings is 1. The Morgan fingerprint density at radius 1 is 1.29 bits per heavy atom. The van der Waals surface area contributed by atoms with E-state index in [4.69, 9.17) is 0 Å². The van der Waals surface area contributed by atoms with Gasteiger partial charge in [-0.25, -0.2) is 0 Å². The van der Waals surface area contributed by atoms with Crippen molar-refractivity contribution in [3.05, 3.63) is 0 Å². The fourth-order valence-electron chi connectivity index (χ4n) is 1.89. The second-order valence-electron chi connectivity index (χ2n) is 3.66. The summed E-state index contributed by atoms with van der Waals surface area (Å²) in [5, 5.41) is 2.81. The number of nitrogens with zero attached hydrogens (tertiary/aromatic N) is 1. The van der Waals surface area contributed by atoms with Gasteiger partial charge in [0, 0.05) is 6.54 Å². The summed E-state index contributed by atoms with van der Waals surface area (Å²) in [5.74, 6) is 0.0137. The smallest absolute Gasteiger partial charge is 0.248 e. The lowest BCUT2D eigenvalue weighted by Crippen LogP contribution is -2.66. The number of nitrogens with one attached hydrogen (secondary N) is 1. The van der Waals surface area contributed by atoms with Crippen LogP contribution < -0.4 is 5.32 Å². The molecule has 0 saturated carbocycles. The molecule has 80 valence electrons. The van der Waals surface area contributed by atoms with Gasteiger partial charge >= 0.3 is 0 Å². The Morgan fingerprint density at radius 2 is 1.86 bits per heavy atom. The first-order chi connectivity index (χ1) is 6.59. The van der Waals surface area contributed by atoms with Gasteiger partial charge in [0.05, 0.1) is 6.54 Å². The monoisotopic (exact) mass is 198 g/mol. The van der Waals surface area contributed by atoms with Crippen LogP contribution in [0.1, 0.15) is 33.6 Å². The van der Waals surface area contributed by atoms with Crippen LogP contribution in [0.4, 0.5) is 0 Å². The Balaban J connectivity index is 2.94. The average molecular weight is 198 g/mol.